The minimum atomic E-state index is -0.350. The van der Waals surface area contributed by atoms with Gasteiger partial charge in [0.2, 0.25) is 11.8 Å². The Morgan fingerprint density at radius 3 is 2.66 bits per heavy atom. The summed E-state index contributed by atoms with van der Waals surface area (Å²) in [6, 6.07) is 7.71. The molecule has 0 bridgehead atoms. The molecule has 156 valence electrons. The van der Waals surface area contributed by atoms with Crippen LogP contribution in [0.3, 0.4) is 0 Å². The number of aryl methyl sites for hydroxylation is 1. The quantitative estimate of drug-likeness (QED) is 0.636. The SMILES string of the molecule is CCc1ccccc1NC(=O)CN(C)C(=O)C(C)Sc1nnc(C2CC2)n1CC. The third-order valence-electron chi connectivity index (χ3n) is 5.06. The van der Waals surface area contributed by atoms with Crippen molar-refractivity contribution >= 4 is 29.3 Å². The molecule has 2 aromatic rings. The molecule has 1 aromatic heterocycles. The minimum Gasteiger partial charge on any atom is -0.335 e. The van der Waals surface area contributed by atoms with Crippen LogP contribution in [0, 0.1) is 0 Å². The molecule has 8 heteroatoms. The summed E-state index contributed by atoms with van der Waals surface area (Å²) in [4.78, 5) is 26.7. The van der Waals surface area contributed by atoms with E-state index in [1.54, 1.807) is 7.05 Å². The van der Waals surface area contributed by atoms with Crippen LogP contribution < -0.4 is 5.32 Å². The summed E-state index contributed by atoms with van der Waals surface area (Å²) in [5.41, 5.74) is 1.87. The highest BCUT2D eigenvalue weighted by Gasteiger charge is 2.31. The van der Waals surface area contributed by atoms with Gasteiger partial charge in [0.15, 0.2) is 5.16 Å². The van der Waals surface area contributed by atoms with E-state index in [2.05, 4.69) is 27.0 Å². The molecule has 1 atom stereocenters. The molecule has 1 fully saturated rings. The highest BCUT2D eigenvalue weighted by atomic mass is 32.2. The monoisotopic (exact) mass is 415 g/mol. The summed E-state index contributed by atoms with van der Waals surface area (Å²) in [5.74, 6) is 1.23. The van der Waals surface area contributed by atoms with E-state index in [4.69, 9.17) is 0 Å². The molecule has 1 N–H and O–H groups in total. The predicted octanol–water partition coefficient (Wildman–Crippen LogP) is 3.32. The Labute approximate surface area is 176 Å². The molecule has 1 saturated carbocycles. The molecule has 0 saturated heterocycles. The average molecular weight is 416 g/mol. The van der Waals surface area contributed by atoms with Crippen molar-refractivity contribution in [2.24, 2.45) is 0 Å². The molecule has 1 unspecified atom stereocenters. The predicted molar refractivity (Wildman–Crippen MR) is 115 cm³/mol. The van der Waals surface area contributed by atoms with Gasteiger partial charge >= 0.3 is 0 Å². The van der Waals surface area contributed by atoms with Crippen LogP contribution in [0.15, 0.2) is 29.4 Å². The summed E-state index contributed by atoms with van der Waals surface area (Å²) in [6.45, 7) is 6.76. The number of thioether (sulfide) groups is 1. The van der Waals surface area contributed by atoms with E-state index < -0.39 is 0 Å². The van der Waals surface area contributed by atoms with Gasteiger partial charge in [-0.2, -0.15) is 0 Å². The summed E-state index contributed by atoms with van der Waals surface area (Å²) in [6.07, 6.45) is 3.16. The van der Waals surface area contributed by atoms with Crippen LogP contribution in [0.2, 0.25) is 0 Å². The zero-order chi connectivity index (χ0) is 21.0. The van der Waals surface area contributed by atoms with Gasteiger partial charge in [0.25, 0.3) is 0 Å². The largest absolute Gasteiger partial charge is 0.335 e. The van der Waals surface area contributed by atoms with Gasteiger partial charge in [0, 0.05) is 25.2 Å². The number of carbonyl (C=O) groups excluding carboxylic acids is 2. The van der Waals surface area contributed by atoms with Crippen molar-refractivity contribution in [2.75, 3.05) is 18.9 Å². The number of anilines is 1. The van der Waals surface area contributed by atoms with Gasteiger partial charge in [-0.3, -0.25) is 9.59 Å². The highest BCUT2D eigenvalue weighted by molar-refractivity contribution is 8.00. The number of benzene rings is 1. The fourth-order valence-corrected chi connectivity index (χ4v) is 4.32. The van der Waals surface area contributed by atoms with E-state index in [-0.39, 0.29) is 23.6 Å². The zero-order valence-electron chi connectivity index (χ0n) is 17.5. The van der Waals surface area contributed by atoms with Crippen LogP contribution >= 0.6 is 11.8 Å². The number of rotatable bonds is 9. The molecule has 7 nitrogen and oxygen atoms in total. The molecule has 0 spiro atoms. The number of aromatic nitrogens is 3. The topological polar surface area (TPSA) is 80.1 Å². The molecule has 0 aliphatic heterocycles. The first-order valence-electron chi connectivity index (χ1n) is 10.2. The number of carbonyl (C=O) groups is 2. The zero-order valence-corrected chi connectivity index (χ0v) is 18.3. The summed E-state index contributed by atoms with van der Waals surface area (Å²) < 4.78 is 2.10. The Kier molecular flexibility index (Phi) is 6.95. The number of hydrogen-bond acceptors (Lipinski definition) is 5. The van der Waals surface area contributed by atoms with Crippen molar-refractivity contribution < 1.29 is 9.59 Å². The molecule has 29 heavy (non-hydrogen) atoms. The molecule has 0 radical (unpaired) electrons. The number of likely N-dealkylation sites (N-methyl/N-ethyl adjacent to an activating group) is 1. The lowest BCUT2D eigenvalue weighted by molar-refractivity contribution is -0.132. The van der Waals surface area contributed by atoms with E-state index >= 15 is 0 Å². The van der Waals surface area contributed by atoms with Gasteiger partial charge in [-0.25, -0.2) is 0 Å². The van der Waals surface area contributed by atoms with Crippen LogP contribution in [0.4, 0.5) is 5.69 Å². The maximum Gasteiger partial charge on any atom is 0.243 e. The molecule has 3 rings (SSSR count). The fraction of sp³-hybridized carbons (Fsp3) is 0.524. The Balaban J connectivity index is 1.57. The maximum atomic E-state index is 12.8. The van der Waals surface area contributed by atoms with Gasteiger partial charge in [0.1, 0.15) is 5.82 Å². The van der Waals surface area contributed by atoms with E-state index in [9.17, 15) is 9.59 Å². The average Bonchev–Trinajstić information content (AvgIpc) is 3.48. The fourth-order valence-electron chi connectivity index (χ4n) is 3.28. The van der Waals surface area contributed by atoms with Gasteiger partial charge in [-0.05, 0) is 44.7 Å². The molecule has 1 heterocycles. The van der Waals surface area contributed by atoms with E-state index in [1.807, 2.05) is 38.1 Å². The smallest absolute Gasteiger partial charge is 0.243 e. The molecular formula is C21H29N5O2S. The highest BCUT2D eigenvalue weighted by Crippen LogP contribution is 2.40. The third-order valence-corrected chi connectivity index (χ3v) is 6.13. The minimum absolute atomic E-state index is 0.00950. The van der Waals surface area contributed by atoms with E-state index in [0.717, 1.165) is 48.0 Å². The molecule has 1 aliphatic carbocycles. The first kappa shape index (κ1) is 21.4. The molecular weight excluding hydrogens is 386 g/mol. The number of hydrogen-bond donors (Lipinski definition) is 1. The van der Waals surface area contributed by atoms with E-state index in [1.165, 1.54) is 16.7 Å². The Morgan fingerprint density at radius 2 is 2.00 bits per heavy atom. The maximum absolute atomic E-state index is 12.8. The van der Waals surface area contributed by atoms with Crippen molar-refractivity contribution in [1.29, 1.82) is 0 Å². The van der Waals surface area contributed by atoms with Crippen LogP contribution in [0.25, 0.3) is 0 Å². The van der Waals surface area contributed by atoms with Crippen LogP contribution in [0.5, 0.6) is 0 Å². The second-order valence-corrected chi connectivity index (χ2v) is 8.68. The Bertz CT molecular complexity index is 878. The van der Waals surface area contributed by atoms with Gasteiger partial charge < -0.3 is 14.8 Å². The lowest BCUT2D eigenvalue weighted by atomic mass is 10.1. The second-order valence-electron chi connectivity index (χ2n) is 7.37. The van der Waals surface area contributed by atoms with Crippen molar-refractivity contribution in [1.82, 2.24) is 19.7 Å². The summed E-state index contributed by atoms with van der Waals surface area (Å²) >= 11 is 1.40. The second kappa shape index (κ2) is 9.43. The summed E-state index contributed by atoms with van der Waals surface area (Å²) in [7, 11) is 1.66. The lowest BCUT2D eigenvalue weighted by Gasteiger charge is -2.21. The van der Waals surface area contributed by atoms with Crippen molar-refractivity contribution in [3.8, 4) is 0 Å². The first-order chi connectivity index (χ1) is 13.9. The van der Waals surface area contributed by atoms with Gasteiger partial charge in [0.05, 0.1) is 11.8 Å². The number of para-hydroxylation sites is 1. The Hall–Kier alpha value is -2.35. The lowest BCUT2D eigenvalue weighted by Crippen LogP contribution is -2.39. The Morgan fingerprint density at radius 1 is 1.28 bits per heavy atom. The van der Waals surface area contributed by atoms with Crippen molar-refractivity contribution in [3.63, 3.8) is 0 Å². The van der Waals surface area contributed by atoms with Crippen molar-refractivity contribution in [3.05, 3.63) is 35.7 Å². The van der Waals surface area contributed by atoms with Crippen molar-refractivity contribution in [2.45, 2.75) is 62.9 Å². The summed E-state index contributed by atoms with van der Waals surface area (Å²) in [5, 5.41) is 11.9. The molecule has 2 amide bonds. The van der Waals surface area contributed by atoms with Gasteiger partial charge in [-0.15, -0.1) is 10.2 Å². The van der Waals surface area contributed by atoms with E-state index in [0.29, 0.717) is 5.92 Å². The normalized spacial score (nSPS) is 14.5. The van der Waals surface area contributed by atoms with Crippen LogP contribution in [0.1, 0.15) is 50.9 Å². The van der Waals surface area contributed by atoms with Crippen LogP contribution in [-0.4, -0.2) is 50.3 Å². The number of amides is 2. The van der Waals surface area contributed by atoms with Gasteiger partial charge in [-0.1, -0.05) is 36.9 Å². The standard InChI is InChI=1S/C21H29N5O2S/c1-5-15-9-7-8-10-17(15)22-18(27)13-25(4)20(28)14(3)29-21-24-23-19(16-11-12-16)26(21)6-2/h7-10,14,16H,5-6,11-13H2,1-4H3,(H,22,27). The number of nitrogens with one attached hydrogen (secondary N) is 1. The number of nitrogens with zero attached hydrogens (tertiary/aromatic N) is 4. The van der Waals surface area contributed by atoms with Crippen LogP contribution in [-0.2, 0) is 22.6 Å². The first-order valence-corrected chi connectivity index (χ1v) is 11.0. The molecule has 1 aromatic carbocycles. The molecule has 1 aliphatic rings. The third kappa shape index (κ3) is 5.18.